The summed E-state index contributed by atoms with van der Waals surface area (Å²) < 4.78 is 6.29. The summed E-state index contributed by atoms with van der Waals surface area (Å²) in [5.41, 5.74) is 0.724. The number of anilines is 1. The van der Waals surface area contributed by atoms with E-state index in [0.29, 0.717) is 6.54 Å². The fourth-order valence-electron chi connectivity index (χ4n) is 3.62. The molecule has 2 aliphatic rings. The summed E-state index contributed by atoms with van der Waals surface area (Å²) in [4.78, 5) is 13.4. The Labute approximate surface area is 148 Å². The molecule has 0 radical (unpaired) electrons. The van der Waals surface area contributed by atoms with Gasteiger partial charge in [-0.3, -0.25) is 9.88 Å². The minimum Gasteiger partial charge on any atom is -0.506 e. The number of aromatic hydroxyl groups is 1. The first-order chi connectivity index (χ1) is 12.3. The Bertz CT molecular complexity index is 718. The van der Waals surface area contributed by atoms with Crippen molar-refractivity contribution in [1.29, 1.82) is 0 Å². The van der Waals surface area contributed by atoms with Crippen molar-refractivity contribution >= 4 is 5.82 Å². The first-order valence-electron chi connectivity index (χ1n) is 9.01. The van der Waals surface area contributed by atoms with E-state index in [1.165, 1.54) is 12.8 Å². The van der Waals surface area contributed by atoms with Gasteiger partial charge in [-0.1, -0.05) is 0 Å². The molecule has 2 aromatic heterocycles. The number of rotatable bonds is 5. The van der Waals surface area contributed by atoms with E-state index in [1.54, 1.807) is 18.3 Å². The van der Waals surface area contributed by atoms with Crippen molar-refractivity contribution in [2.45, 2.75) is 31.9 Å². The normalized spacial score (nSPS) is 21.0. The SMILES string of the molecule is Oc1cccnc1CN1CCC(Oc2cccnc2N2CCCC2)C1. The predicted molar refractivity (Wildman–Crippen MR) is 95.9 cm³/mol. The van der Waals surface area contributed by atoms with Crippen molar-refractivity contribution < 1.29 is 9.84 Å². The highest BCUT2D eigenvalue weighted by molar-refractivity contribution is 5.52. The van der Waals surface area contributed by atoms with Gasteiger partial charge >= 0.3 is 0 Å². The van der Waals surface area contributed by atoms with Gasteiger partial charge in [-0.05, 0) is 43.5 Å². The Hall–Kier alpha value is -2.34. The standard InChI is InChI=1S/C19H24N4O2/c24-17-5-3-8-20-16(17)14-22-12-7-15(13-22)25-18-6-4-9-21-19(18)23-10-1-2-11-23/h3-6,8-9,15,24H,1-2,7,10-14H2. The molecule has 6 nitrogen and oxygen atoms in total. The van der Waals surface area contributed by atoms with Crippen LogP contribution in [-0.2, 0) is 6.54 Å². The molecule has 1 atom stereocenters. The average molecular weight is 340 g/mol. The van der Waals surface area contributed by atoms with E-state index < -0.39 is 0 Å². The van der Waals surface area contributed by atoms with Crippen LogP contribution < -0.4 is 9.64 Å². The molecule has 0 saturated carbocycles. The fraction of sp³-hybridized carbons (Fsp3) is 0.474. The summed E-state index contributed by atoms with van der Waals surface area (Å²) in [5.74, 6) is 2.12. The highest BCUT2D eigenvalue weighted by Crippen LogP contribution is 2.30. The lowest BCUT2D eigenvalue weighted by Gasteiger charge is -2.22. The van der Waals surface area contributed by atoms with Crippen LogP contribution in [0.3, 0.4) is 0 Å². The van der Waals surface area contributed by atoms with Gasteiger partial charge in [-0.15, -0.1) is 0 Å². The maximum absolute atomic E-state index is 9.90. The summed E-state index contributed by atoms with van der Waals surface area (Å²) in [5, 5.41) is 9.90. The third-order valence-electron chi connectivity index (χ3n) is 4.92. The first-order valence-corrected chi connectivity index (χ1v) is 9.01. The third kappa shape index (κ3) is 3.69. The van der Waals surface area contributed by atoms with Gasteiger partial charge in [0.25, 0.3) is 0 Å². The molecule has 6 heteroatoms. The molecule has 2 aromatic rings. The molecule has 0 amide bonds. The van der Waals surface area contributed by atoms with E-state index in [2.05, 4.69) is 19.8 Å². The number of pyridine rings is 2. The maximum atomic E-state index is 9.90. The van der Waals surface area contributed by atoms with Crippen molar-refractivity contribution in [3.05, 3.63) is 42.4 Å². The lowest BCUT2D eigenvalue weighted by atomic mass is 10.3. The van der Waals surface area contributed by atoms with Crippen LogP contribution in [0.25, 0.3) is 0 Å². The third-order valence-corrected chi connectivity index (χ3v) is 4.92. The molecular formula is C19H24N4O2. The Morgan fingerprint density at radius 1 is 1.08 bits per heavy atom. The lowest BCUT2D eigenvalue weighted by molar-refractivity contribution is 0.197. The molecule has 0 bridgehead atoms. The van der Waals surface area contributed by atoms with Gasteiger partial charge in [0.2, 0.25) is 0 Å². The van der Waals surface area contributed by atoms with E-state index in [-0.39, 0.29) is 11.9 Å². The molecule has 25 heavy (non-hydrogen) atoms. The van der Waals surface area contributed by atoms with Gasteiger partial charge in [-0.25, -0.2) is 4.98 Å². The minimum atomic E-state index is 0.149. The van der Waals surface area contributed by atoms with Crippen LogP contribution in [0.15, 0.2) is 36.7 Å². The van der Waals surface area contributed by atoms with Crippen molar-refractivity contribution in [2.75, 3.05) is 31.1 Å². The van der Waals surface area contributed by atoms with Crippen molar-refractivity contribution in [3.63, 3.8) is 0 Å². The monoisotopic (exact) mass is 340 g/mol. The van der Waals surface area contributed by atoms with E-state index >= 15 is 0 Å². The molecule has 2 saturated heterocycles. The summed E-state index contributed by atoms with van der Waals surface area (Å²) in [7, 11) is 0. The Morgan fingerprint density at radius 2 is 1.88 bits per heavy atom. The van der Waals surface area contributed by atoms with Crippen LogP contribution in [-0.4, -0.2) is 52.3 Å². The number of ether oxygens (including phenoxy) is 1. The zero-order chi connectivity index (χ0) is 17.1. The molecule has 0 aliphatic carbocycles. The Kier molecular flexibility index (Phi) is 4.70. The molecule has 132 valence electrons. The van der Waals surface area contributed by atoms with E-state index in [9.17, 15) is 5.11 Å². The van der Waals surface area contributed by atoms with Gasteiger partial charge in [-0.2, -0.15) is 0 Å². The molecule has 1 unspecified atom stereocenters. The first kappa shape index (κ1) is 16.1. The smallest absolute Gasteiger partial charge is 0.171 e. The second-order valence-electron chi connectivity index (χ2n) is 6.75. The van der Waals surface area contributed by atoms with Crippen LogP contribution in [0.2, 0.25) is 0 Å². The Balaban J connectivity index is 1.39. The van der Waals surface area contributed by atoms with Crippen molar-refractivity contribution in [2.24, 2.45) is 0 Å². The molecule has 0 aromatic carbocycles. The predicted octanol–water partition coefficient (Wildman–Crippen LogP) is 2.44. The zero-order valence-corrected chi connectivity index (χ0v) is 14.3. The van der Waals surface area contributed by atoms with Gasteiger partial charge in [0.15, 0.2) is 11.6 Å². The molecule has 4 heterocycles. The molecule has 2 aliphatic heterocycles. The number of hydrogen-bond donors (Lipinski definition) is 1. The van der Waals surface area contributed by atoms with Gasteiger partial charge in [0.1, 0.15) is 11.9 Å². The highest BCUT2D eigenvalue weighted by Gasteiger charge is 2.27. The number of nitrogens with zero attached hydrogens (tertiary/aromatic N) is 4. The summed E-state index contributed by atoms with van der Waals surface area (Å²) in [6.45, 7) is 4.55. The second kappa shape index (κ2) is 7.27. The van der Waals surface area contributed by atoms with Crippen LogP contribution in [0.5, 0.6) is 11.5 Å². The lowest BCUT2D eigenvalue weighted by Crippen LogP contribution is -2.26. The van der Waals surface area contributed by atoms with Gasteiger partial charge in [0.05, 0.1) is 5.69 Å². The summed E-state index contributed by atoms with van der Waals surface area (Å²) in [6.07, 6.45) is 7.13. The largest absolute Gasteiger partial charge is 0.506 e. The van der Waals surface area contributed by atoms with E-state index in [4.69, 9.17) is 4.74 Å². The molecule has 4 rings (SSSR count). The topological polar surface area (TPSA) is 61.7 Å². The molecule has 1 N–H and O–H groups in total. The van der Waals surface area contributed by atoms with Crippen LogP contribution >= 0.6 is 0 Å². The highest BCUT2D eigenvalue weighted by atomic mass is 16.5. The second-order valence-corrected chi connectivity index (χ2v) is 6.75. The zero-order valence-electron chi connectivity index (χ0n) is 14.3. The molecular weight excluding hydrogens is 316 g/mol. The van der Waals surface area contributed by atoms with E-state index in [0.717, 1.165) is 49.9 Å². The number of aromatic nitrogens is 2. The average Bonchev–Trinajstić information content (AvgIpc) is 3.30. The Morgan fingerprint density at radius 3 is 2.72 bits per heavy atom. The van der Waals surface area contributed by atoms with Crippen LogP contribution in [0.4, 0.5) is 5.82 Å². The maximum Gasteiger partial charge on any atom is 0.171 e. The van der Waals surface area contributed by atoms with Crippen LogP contribution in [0, 0.1) is 0 Å². The number of hydrogen-bond acceptors (Lipinski definition) is 6. The minimum absolute atomic E-state index is 0.149. The quantitative estimate of drug-likeness (QED) is 0.902. The van der Waals surface area contributed by atoms with Crippen molar-refractivity contribution in [3.8, 4) is 11.5 Å². The summed E-state index contributed by atoms with van der Waals surface area (Å²) >= 11 is 0. The summed E-state index contributed by atoms with van der Waals surface area (Å²) in [6, 6.07) is 7.39. The number of likely N-dealkylation sites (tertiary alicyclic amines) is 1. The fourth-order valence-corrected chi connectivity index (χ4v) is 3.62. The van der Waals surface area contributed by atoms with E-state index in [1.807, 2.05) is 18.3 Å². The van der Waals surface area contributed by atoms with Crippen LogP contribution in [0.1, 0.15) is 25.0 Å². The van der Waals surface area contributed by atoms with Crippen molar-refractivity contribution in [1.82, 2.24) is 14.9 Å². The van der Waals surface area contributed by atoms with Gasteiger partial charge in [0, 0.05) is 45.1 Å². The molecule has 2 fully saturated rings. The van der Waals surface area contributed by atoms with Gasteiger partial charge < -0.3 is 14.7 Å². The molecule has 0 spiro atoms.